The van der Waals surface area contributed by atoms with Gasteiger partial charge in [0.25, 0.3) is 0 Å². The van der Waals surface area contributed by atoms with Crippen LogP contribution in [0.25, 0.3) is 11.4 Å². The number of esters is 1. The van der Waals surface area contributed by atoms with E-state index in [-0.39, 0.29) is 42.8 Å². The lowest BCUT2D eigenvalue weighted by atomic mass is 10.0. The first-order chi connectivity index (χ1) is 25.8. The largest absolute Gasteiger partial charge is 0.497 e. The number of carbonyl (C=O) groups is 2. The fourth-order valence-corrected chi connectivity index (χ4v) is 5.69. The molecule has 0 aliphatic carbocycles. The number of alkyl halides is 3. The fraction of sp³-hybridized carbons (Fsp3) is 0.378. The van der Waals surface area contributed by atoms with Gasteiger partial charge in [-0.1, -0.05) is 0 Å². The Morgan fingerprint density at radius 3 is 2.33 bits per heavy atom. The topological polar surface area (TPSA) is 140 Å². The summed E-state index contributed by atoms with van der Waals surface area (Å²) in [4.78, 5) is 40.7. The number of methoxy groups -OCH3 is 1. The van der Waals surface area contributed by atoms with Gasteiger partial charge in [-0.15, -0.1) is 0 Å². The van der Waals surface area contributed by atoms with Crippen molar-refractivity contribution in [1.29, 1.82) is 0 Å². The number of anilines is 2. The van der Waals surface area contributed by atoms with E-state index in [4.69, 9.17) is 18.9 Å². The van der Waals surface area contributed by atoms with Crippen molar-refractivity contribution in [2.45, 2.75) is 40.1 Å². The molecule has 3 heterocycles. The summed E-state index contributed by atoms with van der Waals surface area (Å²) >= 11 is 0. The smallest absolute Gasteiger partial charge is 0.416 e. The lowest BCUT2D eigenvalue weighted by Crippen LogP contribution is -2.47. The number of amides is 2. The molecule has 1 aliphatic heterocycles. The standard InChI is InChI=1S/C37H41F4N7O6/c1-5-52-34-16-28(51-4)7-6-25(34)22-54-29-14-26(18-42-19-29)35-43-20-33(23(2)44-35)46-36(50)45-32-17-30(37(39,40)41)27(15-31(32)38)21-48-10-8-47(9-11-48)12-13-53-24(3)49/h6-7,14-20H,5,8-13,21-22H2,1-4H3,(H2,45,46,50). The number of carbonyl (C=O) groups excluding carboxylic acids is 2. The first-order valence-corrected chi connectivity index (χ1v) is 17.1. The number of urea groups is 1. The van der Waals surface area contributed by atoms with Crippen molar-refractivity contribution in [1.82, 2.24) is 24.8 Å². The predicted octanol–water partition coefficient (Wildman–Crippen LogP) is 6.32. The molecule has 2 amide bonds. The van der Waals surface area contributed by atoms with Crippen molar-refractivity contribution in [2.24, 2.45) is 0 Å². The maximum Gasteiger partial charge on any atom is 0.416 e. The van der Waals surface area contributed by atoms with Gasteiger partial charge in [0, 0.05) is 69.6 Å². The Balaban J connectivity index is 1.21. The van der Waals surface area contributed by atoms with Crippen molar-refractivity contribution in [3.8, 4) is 28.6 Å². The predicted molar refractivity (Wildman–Crippen MR) is 191 cm³/mol. The van der Waals surface area contributed by atoms with Crippen LogP contribution in [0.15, 0.2) is 55.0 Å². The Hall–Kier alpha value is -5.55. The zero-order chi connectivity index (χ0) is 38.8. The molecule has 0 spiro atoms. The van der Waals surface area contributed by atoms with E-state index in [1.807, 2.05) is 17.9 Å². The zero-order valence-corrected chi connectivity index (χ0v) is 30.3. The van der Waals surface area contributed by atoms with Crippen LogP contribution in [-0.2, 0) is 28.9 Å². The van der Waals surface area contributed by atoms with E-state index in [1.54, 1.807) is 43.3 Å². The Bertz CT molecular complexity index is 1940. The number of hydrogen-bond donors (Lipinski definition) is 2. The highest BCUT2D eigenvalue weighted by Gasteiger charge is 2.35. The summed E-state index contributed by atoms with van der Waals surface area (Å²) in [6.07, 6.45) is -0.400. The molecular weight excluding hydrogens is 714 g/mol. The Morgan fingerprint density at radius 1 is 0.907 bits per heavy atom. The van der Waals surface area contributed by atoms with Crippen LogP contribution in [0.5, 0.6) is 17.2 Å². The van der Waals surface area contributed by atoms with Crippen molar-refractivity contribution in [3.05, 3.63) is 83.2 Å². The summed E-state index contributed by atoms with van der Waals surface area (Å²) in [6, 6.07) is 7.54. The summed E-state index contributed by atoms with van der Waals surface area (Å²) in [5, 5.41) is 4.66. The monoisotopic (exact) mass is 755 g/mol. The molecule has 0 atom stereocenters. The molecule has 2 aromatic heterocycles. The Labute approximate surface area is 309 Å². The van der Waals surface area contributed by atoms with Crippen molar-refractivity contribution in [2.75, 3.05) is 63.7 Å². The average molecular weight is 756 g/mol. The second-order valence-corrected chi connectivity index (χ2v) is 12.3. The number of hydrogen-bond acceptors (Lipinski definition) is 11. The normalized spacial score (nSPS) is 13.6. The number of halogens is 4. The van der Waals surface area contributed by atoms with Gasteiger partial charge in [0.1, 0.15) is 36.3 Å². The number of piperazine rings is 1. The first-order valence-electron chi connectivity index (χ1n) is 17.1. The minimum Gasteiger partial charge on any atom is -0.497 e. The molecule has 1 fully saturated rings. The third kappa shape index (κ3) is 10.8. The lowest BCUT2D eigenvalue weighted by Gasteiger charge is -2.35. The van der Waals surface area contributed by atoms with Gasteiger partial charge >= 0.3 is 18.2 Å². The van der Waals surface area contributed by atoms with Crippen LogP contribution in [0.2, 0.25) is 0 Å². The van der Waals surface area contributed by atoms with Crippen LogP contribution in [-0.4, -0.2) is 89.8 Å². The number of ether oxygens (including phenoxy) is 4. The second-order valence-electron chi connectivity index (χ2n) is 12.3. The van der Waals surface area contributed by atoms with Gasteiger partial charge in [0.2, 0.25) is 0 Å². The first kappa shape index (κ1) is 39.7. The van der Waals surface area contributed by atoms with E-state index in [9.17, 15) is 22.8 Å². The van der Waals surface area contributed by atoms with Gasteiger partial charge in [0.05, 0.1) is 48.7 Å². The van der Waals surface area contributed by atoms with Gasteiger partial charge in [-0.2, -0.15) is 13.2 Å². The SMILES string of the molecule is CCOc1cc(OC)ccc1COc1cncc(-c2ncc(NC(=O)Nc3cc(C(F)(F)F)c(CN4CCN(CCOC(C)=O)CC4)cc3F)c(C)n2)c1. The highest BCUT2D eigenvalue weighted by atomic mass is 19.4. The molecule has 2 aromatic carbocycles. The van der Waals surface area contributed by atoms with Crippen molar-refractivity contribution < 1.29 is 46.1 Å². The van der Waals surface area contributed by atoms with Crippen LogP contribution < -0.4 is 24.8 Å². The van der Waals surface area contributed by atoms with E-state index in [0.717, 1.165) is 11.6 Å². The third-order valence-corrected chi connectivity index (χ3v) is 8.49. The van der Waals surface area contributed by atoms with E-state index in [2.05, 4.69) is 25.6 Å². The average Bonchev–Trinajstić information content (AvgIpc) is 3.13. The van der Waals surface area contributed by atoms with E-state index in [0.29, 0.717) is 73.9 Å². The van der Waals surface area contributed by atoms with Gasteiger partial charge in [0.15, 0.2) is 5.82 Å². The number of pyridine rings is 1. The molecule has 1 saturated heterocycles. The molecule has 4 aromatic rings. The Kier molecular flexibility index (Phi) is 13.2. The van der Waals surface area contributed by atoms with Gasteiger partial charge in [-0.3, -0.25) is 19.6 Å². The maximum atomic E-state index is 15.2. The summed E-state index contributed by atoms with van der Waals surface area (Å²) in [7, 11) is 1.57. The quantitative estimate of drug-likeness (QED) is 0.111. The van der Waals surface area contributed by atoms with Gasteiger partial charge in [-0.05, 0) is 49.7 Å². The van der Waals surface area contributed by atoms with Crippen LogP contribution in [0.4, 0.5) is 33.7 Å². The summed E-state index contributed by atoms with van der Waals surface area (Å²) in [6.45, 7) is 8.04. The molecule has 54 heavy (non-hydrogen) atoms. The highest BCUT2D eigenvalue weighted by molar-refractivity contribution is 6.00. The van der Waals surface area contributed by atoms with E-state index >= 15 is 4.39 Å². The molecule has 17 heteroatoms. The molecule has 0 saturated carbocycles. The minimum atomic E-state index is -4.80. The number of nitrogens with one attached hydrogen (secondary N) is 2. The number of rotatable bonds is 14. The summed E-state index contributed by atoms with van der Waals surface area (Å²) in [5.41, 5.74) is -0.138. The summed E-state index contributed by atoms with van der Waals surface area (Å²) < 4.78 is 79.6. The molecule has 0 bridgehead atoms. The van der Waals surface area contributed by atoms with Crippen LogP contribution in [0.1, 0.15) is 36.2 Å². The van der Waals surface area contributed by atoms with E-state index in [1.165, 1.54) is 19.3 Å². The second kappa shape index (κ2) is 18.0. The minimum absolute atomic E-state index is 0.138. The van der Waals surface area contributed by atoms with Crippen LogP contribution in [0.3, 0.4) is 0 Å². The molecule has 5 rings (SSSR count). The molecule has 13 nitrogen and oxygen atoms in total. The van der Waals surface area contributed by atoms with Crippen LogP contribution >= 0.6 is 0 Å². The number of nitrogens with zero attached hydrogens (tertiary/aromatic N) is 5. The van der Waals surface area contributed by atoms with Gasteiger partial charge < -0.3 is 29.6 Å². The Morgan fingerprint density at radius 2 is 1.65 bits per heavy atom. The lowest BCUT2D eigenvalue weighted by molar-refractivity contribution is -0.141. The zero-order valence-electron chi connectivity index (χ0n) is 30.3. The molecule has 1 aliphatic rings. The number of aromatic nitrogens is 3. The number of benzene rings is 2. The maximum absolute atomic E-state index is 15.2. The number of aryl methyl sites for hydroxylation is 1. The van der Waals surface area contributed by atoms with E-state index < -0.39 is 29.3 Å². The van der Waals surface area contributed by atoms with Gasteiger partial charge in [-0.25, -0.2) is 19.2 Å². The van der Waals surface area contributed by atoms with Crippen molar-refractivity contribution >= 4 is 23.4 Å². The van der Waals surface area contributed by atoms with Crippen molar-refractivity contribution in [3.63, 3.8) is 0 Å². The third-order valence-electron chi connectivity index (χ3n) is 8.49. The summed E-state index contributed by atoms with van der Waals surface area (Å²) in [5.74, 6) is 0.591. The molecule has 0 radical (unpaired) electrons. The molecule has 0 unspecified atom stereocenters. The van der Waals surface area contributed by atoms with Crippen LogP contribution in [0, 0.1) is 12.7 Å². The molecule has 288 valence electrons. The molecule has 2 N–H and O–H groups in total. The highest BCUT2D eigenvalue weighted by Crippen LogP contribution is 2.36. The fourth-order valence-electron chi connectivity index (χ4n) is 5.69. The molecular formula is C37H41F4N7O6.